The summed E-state index contributed by atoms with van der Waals surface area (Å²) in [6.07, 6.45) is -6.02. The molecule has 0 aromatic heterocycles. The minimum atomic E-state index is -4.38. The van der Waals surface area contributed by atoms with Crippen LogP contribution < -0.4 is 5.73 Å². The van der Waals surface area contributed by atoms with Crippen LogP contribution in [0.15, 0.2) is 18.2 Å². The van der Waals surface area contributed by atoms with Crippen LogP contribution in [0.25, 0.3) is 0 Å². The van der Waals surface area contributed by atoms with Gasteiger partial charge in [0.05, 0.1) is 11.0 Å². The van der Waals surface area contributed by atoms with E-state index in [0.29, 0.717) is 6.07 Å². The van der Waals surface area contributed by atoms with Crippen LogP contribution in [0.5, 0.6) is 0 Å². The van der Waals surface area contributed by atoms with E-state index in [9.17, 15) is 27.7 Å². The third kappa shape index (κ3) is 5.39. The van der Waals surface area contributed by atoms with E-state index in [4.69, 9.17) is 5.73 Å². The van der Waals surface area contributed by atoms with E-state index in [-0.39, 0.29) is 18.0 Å². The van der Waals surface area contributed by atoms with E-state index >= 15 is 0 Å². The average Bonchev–Trinajstić information content (AvgIpc) is 2.24. The first kappa shape index (κ1) is 17.6. The van der Waals surface area contributed by atoms with Gasteiger partial charge in [0.2, 0.25) is 0 Å². The highest BCUT2D eigenvalue weighted by Gasteiger charge is 2.29. The quantitative estimate of drug-likeness (QED) is 0.526. The van der Waals surface area contributed by atoms with Crippen LogP contribution in [0.3, 0.4) is 0 Å². The van der Waals surface area contributed by atoms with Gasteiger partial charge in [0.15, 0.2) is 0 Å². The van der Waals surface area contributed by atoms with Crippen molar-refractivity contribution in [2.45, 2.75) is 25.1 Å². The van der Waals surface area contributed by atoms with Gasteiger partial charge in [-0.25, -0.2) is 4.39 Å². The summed E-state index contributed by atoms with van der Waals surface area (Å²) < 4.78 is 48.8. The summed E-state index contributed by atoms with van der Waals surface area (Å²) in [6.45, 7) is 0. The second-order valence-electron chi connectivity index (χ2n) is 3.72. The molecule has 9 heteroatoms. The Morgan fingerprint density at radius 2 is 1.95 bits per heavy atom. The SMILES string of the molecule is Cl.N[C@@H](CCC(F)(F)F)c1ccc(F)cc1[N+](=O)[O-]. The summed E-state index contributed by atoms with van der Waals surface area (Å²) in [5, 5.41) is 10.6. The molecule has 0 aliphatic carbocycles. The van der Waals surface area contributed by atoms with Gasteiger partial charge in [-0.05, 0) is 18.6 Å². The minimum Gasteiger partial charge on any atom is -0.324 e. The Hall–Kier alpha value is -1.41. The maximum absolute atomic E-state index is 12.8. The molecule has 0 aliphatic rings. The summed E-state index contributed by atoms with van der Waals surface area (Å²) >= 11 is 0. The number of alkyl halides is 3. The molecule has 1 aromatic carbocycles. The summed E-state index contributed by atoms with van der Waals surface area (Å²) in [5.74, 6) is -0.839. The van der Waals surface area contributed by atoms with E-state index in [1.165, 1.54) is 0 Å². The van der Waals surface area contributed by atoms with Gasteiger partial charge in [-0.2, -0.15) is 13.2 Å². The van der Waals surface area contributed by atoms with Crippen LogP contribution >= 0.6 is 12.4 Å². The molecule has 0 saturated carbocycles. The van der Waals surface area contributed by atoms with Crippen molar-refractivity contribution in [2.24, 2.45) is 5.73 Å². The summed E-state index contributed by atoms with van der Waals surface area (Å²) in [7, 11) is 0. The molecule has 0 heterocycles. The Morgan fingerprint density at radius 3 is 2.42 bits per heavy atom. The van der Waals surface area contributed by atoms with Crippen LogP contribution in [0.1, 0.15) is 24.4 Å². The van der Waals surface area contributed by atoms with Crippen molar-refractivity contribution in [3.63, 3.8) is 0 Å². The number of benzene rings is 1. The lowest BCUT2D eigenvalue weighted by atomic mass is 10.0. The lowest BCUT2D eigenvalue weighted by Crippen LogP contribution is -2.17. The Labute approximate surface area is 112 Å². The van der Waals surface area contributed by atoms with Gasteiger partial charge in [-0.1, -0.05) is 0 Å². The Kier molecular flexibility index (Phi) is 6.17. The molecule has 1 rings (SSSR count). The maximum Gasteiger partial charge on any atom is 0.389 e. The number of rotatable bonds is 4. The first-order chi connectivity index (χ1) is 8.20. The van der Waals surface area contributed by atoms with Crippen molar-refractivity contribution >= 4 is 18.1 Å². The van der Waals surface area contributed by atoms with Crippen molar-refractivity contribution in [1.29, 1.82) is 0 Å². The lowest BCUT2D eigenvalue weighted by Gasteiger charge is -2.13. The first-order valence-corrected chi connectivity index (χ1v) is 4.97. The van der Waals surface area contributed by atoms with Crippen molar-refractivity contribution < 1.29 is 22.5 Å². The van der Waals surface area contributed by atoms with Crippen LogP contribution in [-0.2, 0) is 0 Å². The van der Waals surface area contributed by atoms with Crippen LogP contribution in [0, 0.1) is 15.9 Å². The third-order valence-electron chi connectivity index (χ3n) is 2.33. The molecule has 0 bridgehead atoms. The fourth-order valence-electron chi connectivity index (χ4n) is 1.46. The molecule has 1 aromatic rings. The standard InChI is InChI=1S/C10H10F4N2O2.ClH/c11-6-1-2-7(9(5-6)16(17)18)8(15)3-4-10(12,13)14;/h1-2,5,8H,3-4,15H2;1H/t8-;/m0./s1. The van der Waals surface area contributed by atoms with E-state index < -0.39 is 41.5 Å². The Morgan fingerprint density at radius 1 is 1.37 bits per heavy atom. The summed E-state index contributed by atoms with van der Waals surface area (Å²) in [5.41, 5.74) is 4.75. The molecule has 19 heavy (non-hydrogen) atoms. The Bertz CT molecular complexity index is 454. The van der Waals surface area contributed by atoms with Gasteiger partial charge < -0.3 is 5.73 Å². The second kappa shape index (κ2) is 6.67. The fourth-order valence-corrected chi connectivity index (χ4v) is 1.46. The number of hydrogen-bond acceptors (Lipinski definition) is 3. The predicted octanol–water partition coefficient (Wildman–Crippen LogP) is 3.50. The molecule has 0 saturated heterocycles. The lowest BCUT2D eigenvalue weighted by molar-refractivity contribution is -0.385. The molecular weight excluding hydrogens is 292 g/mol. The van der Waals surface area contributed by atoms with E-state index in [0.717, 1.165) is 12.1 Å². The summed E-state index contributed by atoms with van der Waals surface area (Å²) in [4.78, 5) is 9.77. The van der Waals surface area contributed by atoms with Crippen molar-refractivity contribution in [2.75, 3.05) is 0 Å². The molecule has 0 spiro atoms. The summed E-state index contributed by atoms with van der Waals surface area (Å²) in [6, 6.07) is 1.44. The molecule has 4 nitrogen and oxygen atoms in total. The highest BCUT2D eigenvalue weighted by Crippen LogP contribution is 2.30. The largest absolute Gasteiger partial charge is 0.389 e. The zero-order chi connectivity index (χ0) is 13.9. The van der Waals surface area contributed by atoms with Gasteiger partial charge in [0, 0.05) is 18.0 Å². The monoisotopic (exact) mass is 302 g/mol. The predicted molar refractivity (Wildman–Crippen MR) is 62.5 cm³/mol. The molecular formula is C10H11ClF4N2O2. The van der Waals surface area contributed by atoms with E-state index in [1.807, 2.05) is 0 Å². The molecule has 0 aliphatic heterocycles. The molecule has 0 unspecified atom stereocenters. The smallest absolute Gasteiger partial charge is 0.324 e. The van der Waals surface area contributed by atoms with Gasteiger partial charge in [-0.3, -0.25) is 10.1 Å². The van der Waals surface area contributed by atoms with Gasteiger partial charge in [0.25, 0.3) is 5.69 Å². The number of halogens is 5. The first-order valence-electron chi connectivity index (χ1n) is 4.97. The van der Waals surface area contributed by atoms with Gasteiger partial charge in [-0.15, -0.1) is 12.4 Å². The molecule has 108 valence electrons. The molecule has 0 fully saturated rings. The van der Waals surface area contributed by atoms with Crippen molar-refractivity contribution in [3.05, 3.63) is 39.7 Å². The number of nitro benzene ring substituents is 1. The van der Waals surface area contributed by atoms with E-state index in [2.05, 4.69) is 0 Å². The van der Waals surface area contributed by atoms with E-state index in [1.54, 1.807) is 0 Å². The highest BCUT2D eigenvalue weighted by atomic mass is 35.5. The van der Waals surface area contributed by atoms with Gasteiger partial charge in [0.1, 0.15) is 5.82 Å². The third-order valence-corrected chi connectivity index (χ3v) is 2.33. The number of hydrogen-bond donors (Lipinski definition) is 1. The number of nitrogens with zero attached hydrogens (tertiary/aromatic N) is 1. The molecule has 0 amide bonds. The van der Waals surface area contributed by atoms with Crippen LogP contribution in [0.4, 0.5) is 23.2 Å². The van der Waals surface area contributed by atoms with Gasteiger partial charge >= 0.3 is 6.18 Å². The zero-order valence-electron chi connectivity index (χ0n) is 9.48. The van der Waals surface area contributed by atoms with Crippen molar-refractivity contribution in [1.82, 2.24) is 0 Å². The van der Waals surface area contributed by atoms with Crippen LogP contribution in [0.2, 0.25) is 0 Å². The highest BCUT2D eigenvalue weighted by molar-refractivity contribution is 5.85. The average molecular weight is 303 g/mol. The Balaban J connectivity index is 0.00000324. The maximum atomic E-state index is 12.8. The molecule has 2 N–H and O–H groups in total. The van der Waals surface area contributed by atoms with Crippen LogP contribution in [-0.4, -0.2) is 11.1 Å². The second-order valence-corrected chi connectivity index (χ2v) is 3.72. The number of nitro groups is 1. The topological polar surface area (TPSA) is 69.2 Å². The normalized spacial score (nSPS) is 12.7. The molecule has 1 atom stereocenters. The van der Waals surface area contributed by atoms with Crippen molar-refractivity contribution in [3.8, 4) is 0 Å². The minimum absolute atomic E-state index is 0. The molecule has 0 radical (unpaired) electrons. The zero-order valence-corrected chi connectivity index (χ0v) is 10.3. The number of nitrogens with two attached hydrogens (primary N) is 1. The fraction of sp³-hybridized carbons (Fsp3) is 0.400.